The first-order valence-corrected chi connectivity index (χ1v) is 18.9. The molecular weight excluding hydrogens is 808 g/mol. The molecule has 0 fully saturated rings. The van der Waals surface area contributed by atoms with Crippen LogP contribution < -0.4 is 20.9 Å². The number of hydrogen-bond acceptors (Lipinski definition) is 14. The normalized spacial score (nSPS) is 17.7. The Bertz CT molecular complexity index is 2770. The number of imidazole rings is 1. The number of benzene rings is 1. The minimum absolute atomic E-state index is 0.000401. The third-order valence-corrected chi connectivity index (χ3v) is 9.87. The van der Waals surface area contributed by atoms with Crippen LogP contribution in [0.15, 0.2) is 125 Å². The third kappa shape index (κ3) is 8.21. The number of H-pyrrole nitrogens is 1. The number of aliphatic hydroxyl groups excluding tert-OH is 1. The van der Waals surface area contributed by atoms with E-state index in [0.29, 0.717) is 33.5 Å². The molecule has 60 heavy (non-hydrogen) atoms. The van der Waals surface area contributed by atoms with Crippen LogP contribution in [0, 0.1) is 19.8 Å². The molecule has 0 radical (unpaired) electrons. The molecule has 4 aromatic heterocycles. The van der Waals surface area contributed by atoms with Gasteiger partial charge in [-0.15, -0.1) is 11.3 Å². The second-order valence-corrected chi connectivity index (χ2v) is 14.6. The smallest absolute Gasteiger partial charge is 0.399 e. The zero-order chi connectivity index (χ0) is 42.1. The molecule has 3 aliphatic rings. The first-order chi connectivity index (χ1) is 28.8. The molecular formula is C39H32F3N11O6S. The number of aliphatic hydroxyl groups is 1. The summed E-state index contributed by atoms with van der Waals surface area (Å²) in [6, 6.07) is 11.4. The van der Waals surface area contributed by atoms with Crippen LogP contribution in [-0.4, -0.2) is 88.0 Å². The van der Waals surface area contributed by atoms with Gasteiger partial charge in [0.2, 0.25) is 0 Å². The first-order valence-electron chi connectivity index (χ1n) is 18.0. The molecule has 1 unspecified atom stereocenters. The zero-order valence-electron chi connectivity index (χ0n) is 31.4. The van der Waals surface area contributed by atoms with Gasteiger partial charge in [-0.2, -0.15) is 23.4 Å². The number of aromatic amines is 1. The van der Waals surface area contributed by atoms with E-state index in [4.69, 9.17) is 14.7 Å². The lowest BCUT2D eigenvalue weighted by Gasteiger charge is -2.30. The predicted octanol–water partition coefficient (Wildman–Crippen LogP) is 4.76. The summed E-state index contributed by atoms with van der Waals surface area (Å²) < 4.78 is 49.4. The van der Waals surface area contributed by atoms with E-state index in [2.05, 4.69) is 35.6 Å². The van der Waals surface area contributed by atoms with Crippen molar-refractivity contribution in [3.63, 3.8) is 0 Å². The van der Waals surface area contributed by atoms with Crippen LogP contribution in [0.3, 0.4) is 0 Å². The number of ether oxygens (including phenoxy) is 1. The molecule has 2 aliphatic heterocycles. The highest BCUT2D eigenvalue weighted by Gasteiger charge is 2.42. The van der Waals surface area contributed by atoms with Crippen LogP contribution in [0.4, 0.5) is 18.3 Å². The molecule has 8 rings (SSSR count). The van der Waals surface area contributed by atoms with E-state index in [9.17, 15) is 32.7 Å². The molecule has 306 valence electrons. The van der Waals surface area contributed by atoms with Gasteiger partial charge >= 0.3 is 6.18 Å². The van der Waals surface area contributed by atoms with Gasteiger partial charge in [-0.25, -0.2) is 29.5 Å². The second-order valence-electron chi connectivity index (χ2n) is 13.3. The summed E-state index contributed by atoms with van der Waals surface area (Å²) in [5.74, 6) is -2.81. The number of hydrazine groups is 1. The summed E-state index contributed by atoms with van der Waals surface area (Å²) in [6.45, 7) is 2.97. The SMILES string of the molecule is Cc1cnc(NC(=O)c2c(C)nc3ccc(-c4ccccc4OC[C@H](O)CON4C=C(NC(=O)c5cc(=O)[nH]cn5)C5=NC(=C6C=CC=CC6C(F)(F)F)C=CN54)nn23)s1. The third-order valence-electron chi connectivity index (χ3n) is 9.04. The Labute approximate surface area is 341 Å². The number of nitrogens with one attached hydrogen (secondary N) is 3. The van der Waals surface area contributed by atoms with Crippen molar-refractivity contribution in [3.8, 4) is 17.0 Å². The number of halogens is 3. The van der Waals surface area contributed by atoms with E-state index in [1.807, 2.05) is 6.92 Å². The molecule has 5 aromatic rings. The Kier molecular flexibility index (Phi) is 10.7. The molecule has 0 saturated carbocycles. The van der Waals surface area contributed by atoms with Crippen molar-refractivity contribution in [1.29, 1.82) is 0 Å². The lowest BCUT2D eigenvalue weighted by atomic mass is 9.92. The van der Waals surface area contributed by atoms with Crippen LogP contribution in [0.2, 0.25) is 0 Å². The highest BCUT2D eigenvalue weighted by Crippen LogP contribution is 2.39. The summed E-state index contributed by atoms with van der Waals surface area (Å²) in [5, 5.41) is 24.0. The van der Waals surface area contributed by atoms with Crippen molar-refractivity contribution in [2.75, 3.05) is 18.5 Å². The van der Waals surface area contributed by atoms with Crippen molar-refractivity contribution >= 4 is 39.8 Å². The van der Waals surface area contributed by atoms with Gasteiger partial charge < -0.3 is 20.1 Å². The largest absolute Gasteiger partial charge is 0.490 e. The number of carbonyl (C=O) groups is 2. The van der Waals surface area contributed by atoms with Gasteiger partial charge in [-0.3, -0.25) is 24.5 Å². The first kappa shape index (κ1) is 39.6. The number of rotatable bonds is 11. The maximum atomic E-state index is 14.0. The number of alkyl halides is 3. The van der Waals surface area contributed by atoms with Gasteiger partial charge in [0.25, 0.3) is 17.4 Å². The van der Waals surface area contributed by atoms with E-state index in [1.54, 1.807) is 49.5 Å². The highest BCUT2D eigenvalue weighted by atomic mass is 32.1. The van der Waals surface area contributed by atoms with Crippen LogP contribution in [-0.2, 0) is 4.84 Å². The average molecular weight is 840 g/mol. The Morgan fingerprint density at radius 1 is 1.05 bits per heavy atom. The monoisotopic (exact) mass is 839 g/mol. The molecule has 17 nitrogen and oxygen atoms in total. The number of aliphatic imine (C=N–C) groups is 1. The molecule has 0 saturated heterocycles. The summed E-state index contributed by atoms with van der Waals surface area (Å²) in [4.78, 5) is 64.4. The summed E-state index contributed by atoms with van der Waals surface area (Å²) >= 11 is 1.34. The number of fused-ring (bicyclic) bond motifs is 2. The van der Waals surface area contributed by atoms with Gasteiger partial charge in [0.1, 0.15) is 42.4 Å². The number of thiazole rings is 1. The van der Waals surface area contributed by atoms with Crippen molar-refractivity contribution < 1.29 is 37.4 Å². The molecule has 2 amide bonds. The van der Waals surface area contributed by atoms with Crippen molar-refractivity contribution in [2.24, 2.45) is 10.9 Å². The number of aromatic nitrogens is 6. The minimum atomic E-state index is -4.59. The van der Waals surface area contributed by atoms with Gasteiger partial charge in [-0.05, 0) is 49.8 Å². The van der Waals surface area contributed by atoms with Crippen LogP contribution >= 0.6 is 11.3 Å². The number of amides is 2. The Morgan fingerprint density at radius 2 is 1.88 bits per heavy atom. The number of hydroxylamine groups is 1. The van der Waals surface area contributed by atoms with Gasteiger partial charge in [0.05, 0.1) is 29.6 Å². The fraction of sp³-hybridized carbons (Fsp3) is 0.179. The van der Waals surface area contributed by atoms with Gasteiger partial charge in [-0.1, -0.05) is 36.4 Å². The maximum Gasteiger partial charge on any atom is 0.399 e. The van der Waals surface area contributed by atoms with E-state index >= 15 is 0 Å². The van der Waals surface area contributed by atoms with E-state index in [-0.39, 0.29) is 47.4 Å². The number of aryl methyl sites for hydroxylation is 2. The summed E-state index contributed by atoms with van der Waals surface area (Å²) in [6.07, 6.45) is 6.03. The molecule has 4 N–H and O–H groups in total. The predicted molar refractivity (Wildman–Crippen MR) is 211 cm³/mol. The van der Waals surface area contributed by atoms with Crippen LogP contribution in [0.5, 0.6) is 5.75 Å². The van der Waals surface area contributed by atoms with Gasteiger partial charge in [0, 0.05) is 28.9 Å². The number of carbonyl (C=O) groups excluding carboxylic acids is 2. The standard InChI is InChI=1S/C39H32F3N11O6S/c1-21-16-43-38(60-21)49-37(57)34-22(2)46-32-12-11-28(50-53(32)34)25-8-4-6-10-31(25)58-18-23(54)19-59-52-17-30(48-36(56)29-15-33(55)45-20-44-29)35-47-27(13-14-51(35)52)24-7-3-5-9-26(24)39(40,41)42/h3-17,20,23,26,54H,18-19H2,1-2H3,(H,48,56)(H,43,49,57)(H,44,45,55)/t23-,26?/m0/s1. The Hall–Kier alpha value is -7.23. The minimum Gasteiger partial charge on any atom is -0.490 e. The van der Waals surface area contributed by atoms with Crippen molar-refractivity contribution in [2.45, 2.75) is 26.1 Å². The number of amidine groups is 1. The van der Waals surface area contributed by atoms with Crippen molar-refractivity contribution in [3.05, 3.63) is 147 Å². The second kappa shape index (κ2) is 16.2. The molecule has 0 bridgehead atoms. The molecule has 6 heterocycles. The number of para-hydroxylation sites is 1. The topological polar surface area (TPSA) is 205 Å². The molecule has 0 spiro atoms. The molecule has 21 heteroatoms. The molecule has 1 aliphatic carbocycles. The number of hydrogen-bond donors (Lipinski definition) is 4. The number of allylic oxidation sites excluding steroid dienone is 6. The van der Waals surface area contributed by atoms with E-state index in [0.717, 1.165) is 28.5 Å². The number of anilines is 1. The van der Waals surface area contributed by atoms with E-state index in [1.165, 1.54) is 57.6 Å². The van der Waals surface area contributed by atoms with Crippen molar-refractivity contribution in [1.82, 2.24) is 45.0 Å². The lowest BCUT2D eigenvalue weighted by molar-refractivity contribution is -0.216. The number of nitrogens with zero attached hydrogens (tertiary/aromatic N) is 8. The fourth-order valence-electron chi connectivity index (χ4n) is 6.30. The fourth-order valence-corrected chi connectivity index (χ4v) is 6.96. The van der Waals surface area contributed by atoms with Crippen LogP contribution in [0.1, 0.15) is 31.5 Å². The summed E-state index contributed by atoms with van der Waals surface area (Å²) in [7, 11) is 0. The zero-order valence-corrected chi connectivity index (χ0v) is 32.2. The molecule has 2 atom stereocenters. The Morgan fingerprint density at radius 3 is 2.67 bits per heavy atom. The van der Waals surface area contributed by atoms with Gasteiger partial charge in [0.15, 0.2) is 22.3 Å². The summed E-state index contributed by atoms with van der Waals surface area (Å²) in [5.41, 5.74) is 1.20. The quantitative estimate of drug-likeness (QED) is 0.142. The average Bonchev–Trinajstić information content (AvgIpc) is 3.91. The maximum absolute atomic E-state index is 14.0. The lowest BCUT2D eigenvalue weighted by Crippen LogP contribution is -2.40. The van der Waals surface area contributed by atoms with E-state index < -0.39 is 35.6 Å². The van der Waals surface area contributed by atoms with Crippen LogP contribution in [0.25, 0.3) is 16.9 Å². The molecule has 1 aromatic carbocycles. The highest BCUT2D eigenvalue weighted by molar-refractivity contribution is 7.15. The Balaban J connectivity index is 0.985.